The molecule has 3 heterocycles. The molecule has 25 heavy (non-hydrogen) atoms. The number of hydrogen-bond acceptors (Lipinski definition) is 6. The summed E-state index contributed by atoms with van der Waals surface area (Å²) in [5, 5.41) is 3.65. The van der Waals surface area contributed by atoms with Gasteiger partial charge in [-0.15, -0.1) is 11.6 Å². The first-order valence-electron chi connectivity index (χ1n) is 7.40. The van der Waals surface area contributed by atoms with E-state index in [1.165, 1.54) is 17.7 Å². The number of aromatic nitrogens is 3. The number of hydrogen-bond donors (Lipinski definition) is 1. The molecule has 0 spiro atoms. The lowest BCUT2D eigenvalue weighted by molar-refractivity contribution is -0.116. The van der Waals surface area contributed by atoms with Crippen LogP contribution in [0, 0.1) is 0 Å². The largest absolute Gasteiger partial charge is 0.348 e. The van der Waals surface area contributed by atoms with Crippen LogP contribution in [0.3, 0.4) is 0 Å². The summed E-state index contributed by atoms with van der Waals surface area (Å²) in [6.45, 7) is 1.80. The Bertz CT molecular complexity index is 860. The highest BCUT2D eigenvalue weighted by Gasteiger charge is 2.36. The summed E-state index contributed by atoms with van der Waals surface area (Å²) in [6, 6.07) is -0.270. The Morgan fingerprint density at radius 3 is 2.96 bits per heavy atom. The first-order valence-corrected chi connectivity index (χ1v) is 9.13. The lowest BCUT2D eigenvalue weighted by Gasteiger charge is -2.14. The molecule has 1 N–H and O–H groups in total. The van der Waals surface area contributed by atoms with Crippen LogP contribution in [0.25, 0.3) is 6.08 Å². The molecule has 10 heteroatoms. The molecule has 3 rings (SSSR count). The molecule has 2 aromatic rings. The zero-order valence-corrected chi connectivity index (χ0v) is 15.8. The van der Waals surface area contributed by atoms with E-state index < -0.39 is 0 Å². The van der Waals surface area contributed by atoms with Crippen molar-refractivity contribution in [1.29, 1.82) is 0 Å². The monoisotopic (exact) mass is 399 g/mol. The molecule has 2 aromatic heterocycles. The SMILES string of the molecule is CC1C(=O)c2c(ncn2CC(=O)Nc2ncc(/C=C(/Cl)CCl)s2)N1C. The zero-order valence-electron chi connectivity index (χ0n) is 13.5. The van der Waals surface area contributed by atoms with Crippen LogP contribution >= 0.6 is 34.5 Å². The van der Waals surface area contributed by atoms with Crippen molar-refractivity contribution in [2.24, 2.45) is 0 Å². The summed E-state index contributed by atoms with van der Waals surface area (Å²) in [5.41, 5.74) is 0.460. The highest BCUT2D eigenvalue weighted by atomic mass is 35.5. The number of amides is 1. The number of halogens is 2. The van der Waals surface area contributed by atoms with Gasteiger partial charge in [-0.2, -0.15) is 0 Å². The van der Waals surface area contributed by atoms with Crippen LogP contribution in [-0.2, 0) is 11.3 Å². The van der Waals surface area contributed by atoms with Gasteiger partial charge in [-0.25, -0.2) is 9.97 Å². The number of carbonyl (C=O) groups is 2. The van der Waals surface area contributed by atoms with E-state index in [0.29, 0.717) is 21.7 Å². The molecule has 0 aromatic carbocycles. The van der Waals surface area contributed by atoms with E-state index in [0.717, 1.165) is 4.88 Å². The highest BCUT2D eigenvalue weighted by molar-refractivity contribution is 7.16. The molecule has 0 saturated heterocycles. The van der Waals surface area contributed by atoms with Gasteiger partial charge in [0, 0.05) is 18.3 Å². The Kier molecular flexibility index (Phi) is 5.12. The van der Waals surface area contributed by atoms with Gasteiger partial charge in [0.1, 0.15) is 12.2 Å². The Labute approximate surface area is 158 Å². The molecule has 1 aliphatic heterocycles. The van der Waals surface area contributed by atoms with Crippen LogP contribution < -0.4 is 10.2 Å². The summed E-state index contributed by atoms with van der Waals surface area (Å²) in [4.78, 5) is 35.5. The van der Waals surface area contributed by atoms with Gasteiger partial charge in [-0.05, 0) is 13.0 Å². The second kappa shape index (κ2) is 7.15. The molecule has 1 amide bonds. The molecule has 1 unspecified atom stereocenters. The van der Waals surface area contributed by atoms with Crippen molar-refractivity contribution < 1.29 is 9.59 Å². The fourth-order valence-electron chi connectivity index (χ4n) is 2.48. The van der Waals surface area contributed by atoms with Crippen LogP contribution in [-0.4, -0.2) is 45.2 Å². The number of imidazole rings is 1. The van der Waals surface area contributed by atoms with Gasteiger partial charge < -0.3 is 14.8 Å². The molecule has 0 saturated carbocycles. The maximum absolute atomic E-state index is 12.3. The Hall–Kier alpha value is -1.90. The second-order valence-electron chi connectivity index (χ2n) is 5.54. The molecule has 7 nitrogen and oxygen atoms in total. The van der Waals surface area contributed by atoms with Gasteiger partial charge in [-0.3, -0.25) is 9.59 Å². The van der Waals surface area contributed by atoms with E-state index in [9.17, 15) is 9.59 Å². The van der Waals surface area contributed by atoms with Gasteiger partial charge in [0.2, 0.25) is 11.7 Å². The van der Waals surface area contributed by atoms with Crippen LogP contribution in [0.5, 0.6) is 0 Å². The molecule has 0 radical (unpaired) electrons. The maximum atomic E-state index is 12.3. The third-order valence-corrected chi connectivity index (χ3v) is 5.38. The van der Waals surface area contributed by atoms with Crippen molar-refractivity contribution in [3.05, 3.63) is 28.1 Å². The number of ketones is 1. The molecule has 0 fully saturated rings. The minimum atomic E-state index is -0.288. The number of Topliss-reactive ketones (excluding diaryl/α,β-unsaturated/α-hetero) is 1. The molecule has 0 aliphatic carbocycles. The third-order valence-electron chi connectivity index (χ3n) is 3.86. The van der Waals surface area contributed by atoms with Gasteiger partial charge in [-0.1, -0.05) is 22.9 Å². The maximum Gasteiger partial charge on any atom is 0.246 e. The normalized spacial score (nSPS) is 17.1. The van der Waals surface area contributed by atoms with Crippen molar-refractivity contribution in [3.8, 4) is 0 Å². The van der Waals surface area contributed by atoms with Crippen molar-refractivity contribution in [3.63, 3.8) is 0 Å². The summed E-state index contributed by atoms with van der Waals surface area (Å²) in [6.07, 6.45) is 4.80. The lowest BCUT2D eigenvalue weighted by atomic mass is 10.2. The fraction of sp³-hybridized carbons (Fsp3) is 0.333. The predicted molar refractivity (Wildman–Crippen MR) is 99.7 cm³/mol. The minimum absolute atomic E-state index is 0.0121. The van der Waals surface area contributed by atoms with Crippen LogP contribution in [0.1, 0.15) is 22.3 Å². The first kappa shape index (κ1) is 17.9. The molecule has 1 aliphatic rings. The van der Waals surface area contributed by atoms with E-state index in [4.69, 9.17) is 23.2 Å². The van der Waals surface area contributed by atoms with Crippen LogP contribution in [0.15, 0.2) is 17.6 Å². The number of nitrogens with zero attached hydrogens (tertiary/aromatic N) is 4. The van der Waals surface area contributed by atoms with Crippen molar-refractivity contribution in [1.82, 2.24) is 14.5 Å². The van der Waals surface area contributed by atoms with Gasteiger partial charge in [0.15, 0.2) is 10.9 Å². The zero-order chi connectivity index (χ0) is 18.1. The molecule has 132 valence electrons. The van der Waals surface area contributed by atoms with Gasteiger partial charge in [0.05, 0.1) is 23.1 Å². The van der Waals surface area contributed by atoms with Crippen LogP contribution in [0.2, 0.25) is 0 Å². The standard InChI is InChI=1S/C15H15Cl2N5O2S/c1-8-13(24)12-14(21(8)2)19-7-22(12)6-11(23)20-15-18-5-10(25-15)3-9(17)4-16/h3,5,7-8H,4,6H2,1-2H3,(H,18,20,23)/b9-3+. The van der Waals surface area contributed by atoms with Crippen molar-refractivity contribution in [2.45, 2.75) is 19.5 Å². The summed E-state index contributed by atoms with van der Waals surface area (Å²) in [7, 11) is 1.81. The summed E-state index contributed by atoms with van der Waals surface area (Å²) < 4.78 is 1.56. The molecular weight excluding hydrogens is 385 g/mol. The average molecular weight is 400 g/mol. The number of fused-ring (bicyclic) bond motifs is 1. The first-order chi connectivity index (χ1) is 11.9. The van der Waals surface area contributed by atoms with E-state index in [1.807, 2.05) is 14.0 Å². The van der Waals surface area contributed by atoms with Gasteiger partial charge >= 0.3 is 0 Å². The Morgan fingerprint density at radius 1 is 1.48 bits per heavy atom. The second-order valence-corrected chi connectivity index (χ2v) is 7.35. The number of rotatable bonds is 5. The fourth-order valence-corrected chi connectivity index (χ4v) is 3.54. The molecule has 1 atom stereocenters. The van der Waals surface area contributed by atoms with E-state index in [1.54, 1.807) is 21.7 Å². The van der Waals surface area contributed by atoms with Crippen LogP contribution in [0.4, 0.5) is 10.9 Å². The predicted octanol–water partition coefficient (Wildman–Crippen LogP) is 2.82. The molecular formula is C15H15Cl2N5O2S. The topological polar surface area (TPSA) is 80.1 Å². The average Bonchev–Trinajstić information content (AvgIpc) is 3.24. The summed E-state index contributed by atoms with van der Waals surface area (Å²) in [5.74, 6) is 0.486. The van der Waals surface area contributed by atoms with Crippen molar-refractivity contribution in [2.75, 3.05) is 23.1 Å². The number of anilines is 2. The molecule has 0 bridgehead atoms. The minimum Gasteiger partial charge on any atom is -0.348 e. The Morgan fingerprint density at radius 2 is 2.24 bits per heavy atom. The number of carbonyl (C=O) groups excluding carboxylic acids is 2. The quantitative estimate of drug-likeness (QED) is 0.781. The van der Waals surface area contributed by atoms with E-state index in [2.05, 4.69) is 15.3 Å². The number of allylic oxidation sites excluding steroid dienone is 1. The van der Waals surface area contributed by atoms with Gasteiger partial charge in [0.25, 0.3) is 0 Å². The van der Waals surface area contributed by atoms with E-state index >= 15 is 0 Å². The third kappa shape index (κ3) is 3.56. The number of nitrogens with one attached hydrogen (secondary N) is 1. The smallest absolute Gasteiger partial charge is 0.246 e. The van der Waals surface area contributed by atoms with Crippen molar-refractivity contribution >= 4 is 63.3 Å². The highest BCUT2D eigenvalue weighted by Crippen LogP contribution is 2.29. The number of alkyl halides is 1. The lowest BCUT2D eigenvalue weighted by Crippen LogP contribution is -2.29. The number of thiazole rings is 1. The van der Waals surface area contributed by atoms with E-state index in [-0.39, 0.29) is 30.2 Å². The summed E-state index contributed by atoms with van der Waals surface area (Å²) >= 11 is 12.8. The Balaban J connectivity index is 1.69. The number of likely N-dealkylation sites (N-methyl/N-ethyl adjacent to an activating group) is 1.